The van der Waals surface area contributed by atoms with Crippen LogP contribution in [0.15, 0.2) is 83.7 Å². The summed E-state index contributed by atoms with van der Waals surface area (Å²) in [5.74, 6) is 2.40. The van der Waals surface area contributed by atoms with Crippen molar-refractivity contribution < 1.29 is 4.74 Å². The van der Waals surface area contributed by atoms with Crippen LogP contribution in [0.1, 0.15) is 26.3 Å². The number of rotatable bonds is 3. The van der Waals surface area contributed by atoms with Crippen LogP contribution in [-0.4, -0.2) is 14.5 Å². The van der Waals surface area contributed by atoms with E-state index in [-0.39, 0.29) is 5.41 Å². The summed E-state index contributed by atoms with van der Waals surface area (Å²) < 4.78 is 9.09. The largest absolute Gasteiger partial charge is 0.457 e. The Bertz CT molecular complexity index is 1420. The summed E-state index contributed by atoms with van der Waals surface area (Å²) in [6.45, 7) is 6.66. The van der Waals surface area contributed by atoms with Crippen LogP contribution in [0, 0.1) is 0 Å². The van der Waals surface area contributed by atoms with Gasteiger partial charge in [0.15, 0.2) is 0 Å². The van der Waals surface area contributed by atoms with E-state index in [1.54, 1.807) is 6.20 Å². The van der Waals surface area contributed by atoms with E-state index in [0.29, 0.717) is 0 Å². The summed E-state index contributed by atoms with van der Waals surface area (Å²) in [6, 6.07) is 22.6. The fourth-order valence-electron chi connectivity index (χ4n) is 3.85. The molecule has 0 fully saturated rings. The Balaban J connectivity index is 1.72. The first-order valence-electron chi connectivity index (χ1n) is 10.2. The molecule has 0 unspecified atom stereocenters. The van der Waals surface area contributed by atoms with Crippen molar-refractivity contribution in [3.63, 3.8) is 0 Å². The first kappa shape index (κ1) is 19.8. The van der Waals surface area contributed by atoms with Gasteiger partial charge in [0.25, 0.3) is 0 Å². The quantitative estimate of drug-likeness (QED) is 0.257. The van der Waals surface area contributed by atoms with Crippen molar-refractivity contribution in [2.75, 3.05) is 0 Å². The molecule has 0 spiro atoms. The van der Waals surface area contributed by atoms with Crippen LogP contribution < -0.4 is 4.74 Å². The number of fused-ring (bicyclic) bond motifs is 3. The van der Waals surface area contributed by atoms with Crippen molar-refractivity contribution in [3.05, 3.63) is 89.3 Å². The summed E-state index contributed by atoms with van der Waals surface area (Å²) in [5.41, 5.74) is 3.47. The van der Waals surface area contributed by atoms with Crippen molar-refractivity contribution >= 4 is 37.7 Å². The number of benzene rings is 2. The summed E-state index contributed by atoms with van der Waals surface area (Å²) in [6.07, 6.45) is 3.61. The number of aromatic nitrogens is 3. The topological polar surface area (TPSA) is 39.9 Å². The van der Waals surface area contributed by atoms with Crippen LogP contribution in [-0.2, 0) is 5.41 Å². The molecule has 0 bridgehead atoms. The third kappa shape index (κ3) is 3.70. The van der Waals surface area contributed by atoms with Gasteiger partial charge >= 0.3 is 0 Å². The molecule has 3 aromatic heterocycles. The monoisotopic (exact) mass is 471 g/mol. The lowest BCUT2D eigenvalue weighted by Gasteiger charge is -2.20. The zero-order chi connectivity index (χ0) is 21.6. The minimum absolute atomic E-state index is 0.0411. The van der Waals surface area contributed by atoms with E-state index < -0.39 is 0 Å². The second kappa shape index (κ2) is 7.50. The van der Waals surface area contributed by atoms with E-state index in [1.165, 1.54) is 16.3 Å². The molecule has 5 aromatic rings. The van der Waals surface area contributed by atoms with Crippen LogP contribution in [0.3, 0.4) is 0 Å². The Kier molecular flexibility index (Phi) is 4.78. The summed E-state index contributed by atoms with van der Waals surface area (Å²) in [4.78, 5) is 8.89. The van der Waals surface area contributed by atoms with Crippen molar-refractivity contribution in [2.45, 2.75) is 26.2 Å². The lowest BCUT2D eigenvalue weighted by molar-refractivity contribution is 0.482. The SMILES string of the molecule is CC(C)(C)c1ccnc(-n2c3ccccc3c3ccc(Oc4ccnc(Br)c4)cc32)c1. The molecule has 0 atom stereocenters. The van der Waals surface area contributed by atoms with Gasteiger partial charge in [0.1, 0.15) is 21.9 Å². The molecule has 2 aromatic carbocycles. The fraction of sp³-hybridized carbons (Fsp3) is 0.154. The maximum Gasteiger partial charge on any atom is 0.137 e. The number of nitrogens with zero attached hydrogens (tertiary/aromatic N) is 3. The number of ether oxygens (including phenoxy) is 1. The molecule has 0 saturated carbocycles. The fourth-order valence-corrected chi connectivity index (χ4v) is 4.20. The van der Waals surface area contributed by atoms with Crippen LogP contribution >= 0.6 is 15.9 Å². The molecule has 0 saturated heterocycles. The number of hydrogen-bond donors (Lipinski definition) is 0. The van der Waals surface area contributed by atoms with Crippen molar-refractivity contribution in [1.82, 2.24) is 14.5 Å². The van der Waals surface area contributed by atoms with Crippen molar-refractivity contribution in [3.8, 4) is 17.3 Å². The minimum Gasteiger partial charge on any atom is -0.457 e. The molecule has 154 valence electrons. The van der Waals surface area contributed by atoms with E-state index in [1.807, 2.05) is 24.4 Å². The zero-order valence-electron chi connectivity index (χ0n) is 17.6. The molecule has 4 nitrogen and oxygen atoms in total. The Morgan fingerprint density at radius 1 is 0.774 bits per heavy atom. The van der Waals surface area contributed by atoms with Crippen LogP contribution in [0.4, 0.5) is 0 Å². The average molecular weight is 472 g/mol. The van der Waals surface area contributed by atoms with E-state index in [2.05, 4.69) is 94.8 Å². The summed E-state index contributed by atoms with van der Waals surface area (Å²) in [5, 5.41) is 2.36. The molecular weight excluding hydrogens is 450 g/mol. The predicted octanol–water partition coefficient (Wildman–Crippen LogP) is 7.43. The number of pyridine rings is 2. The Labute approximate surface area is 189 Å². The van der Waals surface area contributed by atoms with E-state index in [0.717, 1.165) is 33.0 Å². The molecule has 3 heterocycles. The maximum atomic E-state index is 6.13. The Morgan fingerprint density at radius 3 is 2.32 bits per heavy atom. The van der Waals surface area contributed by atoms with Crippen molar-refractivity contribution in [2.24, 2.45) is 0 Å². The van der Waals surface area contributed by atoms with E-state index >= 15 is 0 Å². The highest BCUT2D eigenvalue weighted by Gasteiger charge is 2.18. The van der Waals surface area contributed by atoms with Gasteiger partial charge in [0.05, 0.1) is 11.0 Å². The third-order valence-electron chi connectivity index (χ3n) is 5.42. The molecule has 31 heavy (non-hydrogen) atoms. The Morgan fingerprint density at radius 2 is 1.52 bits per heavy atom. The van der Waals surface area contributed by atoms with E-state index in [4.69, 9.17) is 9.72 Å². The lowest BCUT2D eigenvalue weighted by Crippen LogP contribution is -2.12. The number of hydrogen-bond acceptors (Lipinski definition) is 3. The maximum absolute atomic E-state index is 6.13. The van der Waals surface area contributed by atoms with E-state index in [9.17, 15) is 0 Å². The minimum atomic E-state index is 0.0411. The molecule has 0 aliphatic heterocycles. The molecule has 0 radical (unpaired) electrons. The van der Waals surface area contributed by atoms with Gasteiger partial charge in [0.2, 0.25) is 0 Å². The molecule has 5 rings (SSSR count). The zero-order valence-corrected chi connectivity index (χ0v) is 19.2. The second-order valence-electron chi connectivity index (χ2n) is 8.60. The standard InChI is InChI=1S/C26H22BrN3O/c1-26(2,3)17-10-12-29-25(14-17)30-22-7-5-4-6-20(22)21-9-8-18(15-23(21)30)31-19-11-13-28-24(27)16-19/h4-16H,1-3H3. The lowest BCUT2D eigenvalue weighted by atomic mass is 9.88. The molecule has 0 N–H and O–H groups in total. The van der Waals surface area contributed by atoms with Crippen LogP contribution in [0.5, 0.6) is 11.5 Å². The third-order valence-corrected chi connectivity index (χ3v) is 5.85. The molecule has 0 amide bonds. The van der Waals surface area contributed by atoms with Crippen LogP contribution in [0.2, 0.25) is 0 Å². The highest BCUT2D eigenvalue weighted by atomic mass is 79.9. The molecule has 0 aliphatic carbocycles. The second-order valence-corrected chi connectivity index (χ2v) is 9.41. The highest BCUT2D eigenvalue weighted by molar-refractivity contribution is 9.10. The number of halogens is 1. The van der Waals surface area contributed by atoms with Gasteiger partial charge in [0, 0.05) is 35.3 Å². The van der Waals surface area contributed by atoms with Gasteiger partial charge in [-0.15, -0.1) is 0 Å². The normalized spacial score (nSPS) is 11.9. The molecular formula is C26H22BrN3O. The molecule has 0 aliphatic rings. The van der Waals surface area contributed by atoms with Gasteiger partial charge in [-0.05, 0) is 63.3 Å². The number of para-hydroxylation sites is 1. The highest BCUT2D eigenvalue weighted by Crippen LogP contribution is 2.35. The summed E-state index contributed by atoms with van der Waals surface area (Å²) in [7, 11) is 0. The van der Waals surface area contributed by atoms with Crippen LogP contribution in [0.25, 0.3) is 27.6 Å². The first-order chi connectivity index (χ1) is 14.9. The summed E-state index contributed by atoms with van der Waals surface area (Å²) >= 11 is 3.40. The van der Waals surface area contributed by atoms with Gasteiger partial charge in [-0.1, -0.05) is 39.0 Å². The first-order valence-corrected chi connectivity index (χ1v) is 11.0. The smallest absolute Gasteiger partial charge is 0.137 e. The average Bonchev–Trinajstić information content (AvgIpc) is 3.07. The van der Waals surface area contributed by atoms with Gasteiger partial charge in [-0.2, -0.15) is 0 Å². The van der Waals surface area contributed by atoms with Gasteiger partial charge < -0.3 is 4.74 Å². The molecule has 5 heteroatoms. The Hall–Kier alpha value is -3.18. The van der Waals surface area contributed by atoms with Crippen molar-refractivity contribution in [1.29, 1.82) is 0 Å². The predicted molar refractivity (Wildman–Crippen MR) is 129 cm³/mol. The van der Waals surface area contributed by atoms with Gasteiger partial charge in [-0.25, -0.2) is 9.97 Å². The van der Waals surface area contributed by atoms with Gasteiger partial charge in [-0.3, -0.25) is 4.57 Å².